The van der Waals surface area contributed by atoms with Gasteiger partial charge in [-0.15, -0.1) is 0 Å². The Morgan fingerprint density at radius 3 is 2.64 bits per heavy atom. The quantitative estimate of drug-likeness (QED) is 0.540. The fraction of sp³-hybridized carbons (Fsp3) is 0.556. The molecule has 0 bridgehead atoms. The van der Waals surface area contributed by atoms with Crippen LogP contribution in [0.5, 0.6) is 0 Å². The van der Waals surface area contributed by atoms with Crippen molar-refractivity contribution in [2.75, 3.05) is 19.5 Å². The molecule has 1 aromatic rings. The van der Waals surface area contributed by atoms with Crippen LogP contribution in [0.3, 0.4) is 0 Å². The molecule has 78 valence electrons. The van der Waals surface area contributed by atoms with Crippen molar-refractivity contribution >= 4 is 10.8 Å². The number of rotatable bonds is 5. The molecule has 1 atom stereocenters. The molecular formula is C9H14N2O2S. The van der Waals surface area contributed by atoms with E-state index < -0.39 is 10.8 Å². The number of aromatic nitrogens is 2. The van der Waals surface area contributed by atoms with Gasteiger partial charge in [0.1, 0.15) is 0 Å². The smallest absolute Gasteiger partial charge is 0.218 e. The standard InChI is InChI=1S/C9H14N2O2S/c1-8-6-10-9(11-7-8)14(12)5-3-4-13-2/h6-7H,3-5H2,1-2H3. The first-order valence-electron chi connectivity index (χ1n) is 4.40. The third-order valence-electron chi connectivity index (χ3n) is 1.64. The van der Waals surface area contributed by atoms with Crippen LogP contribution in [-0.4, -0.2) is 33.6 Å². The molecule has 4 nitrogen and oxygen atoms in total. The molecule has 0 aliphatic rings. The summed E-state index contributed by atoms with van der Waals surface area (Å²) in [6.07, 6.45) is 4.12. The van der Waals surface area contributed by atoms with E-state index in [1.807, 2.05) is 6.92 Å². The molecule has 0 fully saturated rings. The van der Waals surface area contributed by atoms with E-state index in [9.17, 15) is 4.21 Å². The predicted octanol–water partition coefficient (Wildman–Crippen LogP) is 0.929. The average Bonchev–Trinajstić information content (AvgIpc) is 2.19. The Bertz CT molecular complexity index is 300. The van der Waals surface area contributed by atoms with Crippen LogP contribution in [-0.2, 0) is 15.5 Å². The molecule has 0 amide bonds. The highest BCUT2D eigenvalue weighted by molar-refractivity contribution is 7.84. The average molecular weight is 214 g/mol. The summed E-state index contributed by atoms with van der Waals surface area (Å²) in [4.78, 5) is 8.01. The van der Waals surface area contributed by atoms with Gasteiger partial charge in [-0.05, 0) is 18.9 Å². The Morgan fingerprint density at radius 2 is 2.07 bits per heavy atom. The molecule has 0 aliphatic heterocycles. The van der Waals surface area contributed by atoms with Gasteiger partial charge in [0.2, 0.25) is 5.16 Å². The monoisotopic (exact) mass is 214 g/mol. The number of nitrogens with zero attached hydrogens (tertiary/aromatic N) is 2. The molecular weight excluding hydrogens is 200 g/mol. The normalized spacial score (nSPS) is 12.7. The number of aryl methyl sites for hydroxylation is 1. The van der Waals surface area contributed by atoms with Gasteiger partial charge in [-0.3, -0.25) is 4.21 Å². The van der Waals surface area contributed by atoms with Gasteiger partial charge in [0.05, 0.1) is 10.8 Å². The van der Waals surface area contributed by atoms with Gasteiger partial charge in [-0.2, -0.15) is 0 Å². The lowest BCUT2D eigenvalue weighted by Gasteiger charge is -2.00. The van der Waals surface area contributed by atoms with E-state index in [-0.39, 0.29) is 0 Å². The maximum absolute atomic E-state index is 11.6. The summed E-state index contributed by atoms with van der Waals surface area (Å²) < 4.78 is 16.4. The molecule has 1 unspecified atom stereocenters. The second-order valence-corrected chi connectivity index (χ2v) is 4.40. The summed E-state index contributed by atoms with van der Waals surface area (Å²) in [5.74, 6) is 0.552. The van der Waals surface area contributed by atoms with Crippen LogP contribution < -0.4 is 0 Å². The van der Waals surface area contributed by atoms with Gasteiger partial charge in [0.15, 0.2) is 0 Å². The molecule has 14 heavy (non-hydrogen) atoms. The Hall–Kier alpha value is -0.810. The number of hydrogen-bond donors (Lipinski definition) is 0. The van der Waals surface area contributed by atoms with E-state index in [2.05, 4.69) is 9.97 Å². The van der Waals surface area contributed by atoms with Gasteiger partial charge < -0.3 is 4.74 Å². The van der Waals surface area contributed by atoms with E-state index in [1.165, 1.54) is 0 Å². The number of methoxy groups -OCH3 is 1. The van der Waals surface area contributed by atoms with Crippen molar-refractivity contribution in [3.05, 3.63) is 18.0 Å². The van der Waals surface area contributed by atoms with Crippen LogP contribution >= 0.6 is 0 Å². The molecule has 0 aromatic carbocycles. The topological polar surface area (TPSA) is 52.1 Å². The minimum atomic E-state index is -1.10. The van der Waals surface area contributed by atoms with Crippen molar-refractivity contribution in [3.63, 3.8) is 0 Å². The van der Waals surface area contributed by atoms with Crippen LogP contribution in [0.25, 0.3) is 0 Å². The van der Waals surface area contributed by atoms with Crippen molar-refractivity contribution in [1.82, 2.24) is 9.97 Å². The minimum Gasteiger partial charge on any atom is -0.385 e. The van der Waals surface area contributed by atoms with Crippen molar-refractivity contribution < 1.29 is 8.95 Å². The number of hydrogen-bond acceptors (Lipinski definition) is 4. The zero-order valence-corrected chi connectivity index (χ0v) is 9.21. The van der Waals surface area contributed by atoms with Gasteiger partial charge in [-0.1, -0.05) is 0 Å². The maximum atomic E-state index is 11.6. The summed E-state index contributed by atoms with van der Waals surface area (Å²) in [5, 5.41) is 0.409. The number of ether oxygens (including phenoxy) is 1. The molecule has 0 saturated heterocycles. The van der Waals surface area contributed by atoms with Gasteiger partial charge in [0, 0.05) is 31.9 Å². The van der Waals surface area contributed by atoms with E-state index >= 15 is 0 Å². The van der Waals surface area contributed by atoms with Crippen LogP contribution in [0.15, 0.2) is 17.6 Å². The van der Waals surface area contributed by atoms with E-state index in [0.717, 1.165) is 12.0 Å². The summed E-state index contributed by atoms with van der Waals surface area (Å²) >= 11 is 0. The molecule has 0 N–H and O–H groups in total. The van der Waals surface area contributed by atoms with Gasteiger partial charge >= 0.3 is 0 Å². The highest BCUT2D eigenvalue weighted by Gasteiger charge is 2.05. The molecule has 5 heteroatoms. The SMILES string of the molecule is COCCCS(=O)c1ncc(C)cn1. The summed E-state index contributed by atoms with van der Waals surface area (Å²) in [7, 11) is 0.535. The molecule has 0 radical (unpaired) electrons. The fourth-order valence-corrected chi connectivity index (χ4v) is 1.83. The zero-order valence-electron chi connectivity index (χ0n) is 8.40. The molecule has 1 rings (SSSR count). The van der Waals surface area contributed by atoms with E-state index in [1.54, 1.807) is 19.5 Å². The van der Waals surface area contributed by atoms with Crippen LogP contribution in [0.2, 0.25) is 0 Å². The highest BCUT2D eigenvalue weighted by Crippen LogP contribution is 2.01. The van der Waals surface area contributed by atoms with Crippen molar-refractivity contribution in [3.8, 4) is 0 Å². The Balaban J connectivity index is 2.48. The van der Waals surface area contributed by atoms with Gasteiger partial charge in [-0.25, -0.2) is 9.97 Å². The lowest BCUT2D eigenvalue weighted by molar-refractivity contribution is 0.200. The van der Waals surface area contributed by atoms with Crippen molar-refractivity contribution in [2.24, 2.45) is 0 Å². The maximum Gasteiger partial charge on any atom is 0.218 e. The second-order valence-electron chi connectivity index (χ2n) is 2.94. The Kier molecular flexibility index (Phi) is 4.69. The largest absolute Gasteiger partial charge is 0.385 e. The lowest BCUT2D eigenvalue weighted by Crippen LogP contribution is -2.05. The molecule has 0 saturated carbocycles. The zero-order chi connectivity index (χ0) is 10.4. The molecule has 0 spiro atoms. The van der Waals surface area contributed by atoms with Gasteiger partial charge in [0.25, 0.3) is 0 Å². The molecule has 1 aromatic heterocycles. The van der Waals surface area contributed by atoms with Crippen molar-refractivity contribution in [2.45, 2.75) is 18.5 Å². The summed E-state index contributed by atoms with van der Waals surface area (Å²) in [6, 6.07) is 0. The first kappa shape index (κ1) is 11.3. The van der Waals surface area contributed by atoms with Crippen LogP contribution in [0, 0.1) is 6.92 Å². The lowest BCUT2D eigenvalue weighted by atomic mass is 10.4. The first-order chi connectivity index (χ1) is 6.74. The van der Waals surface area contributed by atoms with Crippen molar-refractivity contribution in [1.29, 1.82) is 0 Å². The summed E-state index contributed by atoms with van der Waals surface area (Å²) in [5.41, 5.74) is 0.975. The van der Waals surface area contributed by atoms with Crippen LogP contribution in [0.1, 0.15) is 12.0 Å². The second kappa shape index (κ2) is 5.82. The predicted molar refractivity (Wildman–Crippen MR) is 54.5 cm³/mol. The minimum absolute atomic E-state index is 0.409. The third-order valence-corrected chi connectivity index (χ3v) is 2.92. The Labute approximate surface area is 86.2 Å². The van der Waals surface area contributed by atoms with E-state index in [0.29, 0.717) is 17.5 Å². The summed E-state index contributed by atoms with van der Waals surface area (Å²) in [6.45, 7) is 2.52. The molecule has 0 aliphatic carbocycles. The van der Waals surface area contributed by atoms with E-state index in [4.69, 9.17) is 4.74 Å². The fourth-order valence-electron chi connectivity index (χ4n) is 0.924. The third kappa shape index (κ3) is 3.51. The Morgan fingerprint density at radius 1 is 1.43 bits per heavy atom. The highest BCUT2D eigenvalue weighted by atomic mass is 32.2. The molecule has 1 heterocycles. The first-order valence-corrected chi connectivity index (χ1v) is 5.72. The van der Waals surface area contributed by atoms with Crippen LogP contribution in [0.4, 0.5) is 0 Å².